The first-order valence-electron chi connectivity index (χ1n) is 14.0. The van der Waals surface area contributed by atoms with E-state index >= 15 is 0 Å². The van der Waals surface area contributed by atoms with Gasteiger partial charge in [0.1, 0.15) is 6.29 Å². The van der Waals surface area contributed by atoms with Gasteiger partial charge in [-0.05, 0) is 123 Å². The van der Waals surface area contributed by atoms with Crippen LogP contribution in [0.5, 0.6) is 0 Å². The van der Waals surface area contributed by atoms with E-state index < -0.39 is 0 Å². The van der Waals surface area contributed by atoms with Gasteiger partial charge in [0.2, 0.25) is 0 Å². The largest absolute Gasteiger partial charge is 0.299 e. The molecule has 0 amide bonds. The van der Waals surface area contributed by atoms with Gasteiger partial charge in [-0.2, -0.15) is 0 Å². The molecule has 7 unspecified atom stereocenters. The van der Waals surface area contributed by atoms with Crippen molar-refractivity contribution in [2.75, 3.05) is 0 Å². The molecule has 0 N–H and O–H groups in total. The average molecular weight is 461 g/mol. The first kappa shape index (κ1) is 25.5. The Hall–Kier alpha value is -1.63. The van der Waals surface area contributed by atoms with Crippen molar-refractivity contribution in [2.45, 2.75) is 99.3 Å². The van der Waals surface area contributed by atoms with Crippen molar-refractivity contribution in [3.63, 3.8) is 0 Å². The predicted molar refractivity (Wildman–Crippen MR) is 145 cm³/mol. The molecule has 0 saturated heterocycles. The molecule has 3 saturated carbocycles. The fraction of sp³-hybridized carbons (Fsp3) is 0.667. The number of fused-ring (bicyclic) bond motifs is 3. The van der Waals surface area contributed by atoms with Crippen molar-refractivity contribution >= 4 is 6.29 Å². The summed E-state index contributed by atoms with van der Waals surface area (Å²) in [5, 5.41) is 0. The third-order valence-electron chi connectivity index (χ3n) is 10.7. The molecule has 7 atom stereocenters. The fourth-order valence-corrected chi connectivity index (χ4v) is 9.53. The maximum Gasteiger partial charge on any atom is 0.142 e. The second kappa shape index (κ2) is 9.79. The maximum atomic E-state index is 11.5. The second-order valence-electron chi connectivity index (χ2n) is 12.7. The summed E-state index contributed by atoms with van der Waals surface area (Å²) in [5.41, 5.74) is 7.79. The first-order valence-corrected chi connectivity index (χ1v) is 14.0. The van der Waals surface area contributed by atoms with Gasteiger partial charge in [0.25, 0.3) is 0 Å². The van der Waals surface area contributed by atoms with Crippen LogP contribution < -0.4 is 0 Å². The first-order chi connectivity index (χ1) is 16.2. The van der Waals surface area contributed by atoms with E-state index in [0.29, 0.717) is 23.2 Å². The number of carbonyl (C=O) groups is 1. The number of carbonyl (C=O) groups excluding carboxylic acids is 1. The zero-order valence-corrected chi connectivity index (χ0v) is 22.8. The molecule has 3 fully saturated rings. The molecule has 3 aliphatic rings. The Morgan fingerprint density at radius 1 is 1.18 bits per heavy atom. The maximum absolute atomic E-state index is 11.5. The zero-order valence-electron chi connectivity index (χ0n) is 22.8. The minimum Gasteiger partial charge on any atom is -0.299 e. The highest BCUT2D eigenvalue weighted by atomic mass is 16.1. The van der Waals surface area contributed by atoms with Crippen LogP contribution in [-0.4, -0.2) is 6.29 Å². The Balaban J connectivity index is 1.54. The number of hydrogen-bond donors (Lipinski definition) is 0. The van der Waals surface area contributed by atoms with E-state index in [1.54, 1.807) is 0 Å². The van der Waals surface area contributed by atoms with Gasteiger partial charge < -0.3 is 0 Å². The summed E-state index contributed by atoms with van der Waals surface area (Å²) >= 11 is 0. The SMILES string of the molecule is C=C(CCc1ccc(C)cc1C)C1CCC2C3CC/C(=C/C=O)C(C)(CCC)C3C(C)CC12C. The van der Waals surface area contributed by atoms with Crippen molar-refractivity contribution in [3.05, 3.63) is 58.7 Å². The molecule has 1 aromatic rings. The van der Waals surface area contributed by atoms with Gasteiger partial charge in [0, 0.05) is 0 Å². The van der Waals surface area contributed by atoms with Gasteiger partial charge in [-0.1, -0.05) is 75.6 Å². The van der Waals surface area contributed by atoms with E-state index in [0.717, 1.165) is 37.4 Å². The molecule has 1 aromatic carbocycles. The summed E-state index contributed by atoms with van der Waals surface area (Å²) < 4.78 is 0. The molecule has 0 bridgehead atoms. The lowest BCUT2D eigenvalue weighted by Crippen LogP contribution is -2.53. The van der Waals surface area contributed by atoms with Crippen LogP contribution in [0.3, 0.4) is 0 Å². The van der Waals surface area contributed by atoms with Gasteiger partial charge in [0.05, 0.1) is 0 Å². The molecule has 0 heterocycles. The fourth-order valence-electron chi connectivity index (χ4n) is 9.53. The monoisotopic (exact) mass is 460 g/mol. The minimum atomic E-state index is 0.192. The van der Waals surface area contributed by atoms with Crippen molar-refractivity contribution in [2.24, 2.45) is 40.4 Å². The predicted octanol–water partition coefficient (Wildman–Crippen LogP) is 8.82. The van der Waals surface area contributed by atoms with Gasteiger partial charge in [-0.25, -0.2) is 0 Å². The molecule has 4 rings (SSSR count). The van der Waals surface area contributed by atoms with Crippen molar-refractivity contribution in [1.82, 2.24) is 0 Å². The topological polar surface area (TPSA) is 17.1 Å². The van der Waals surface area contributed by atoms with E-state index in [2.05, 4.69) is 59.7 Å². The summed E-state index contributed by atoms with van der Waals surface area (Å²) in [7, 11) is 0. The van der Waals surface area contributed by atoms with E-state index in [1.165, 1.54) is 66.4 Å². The smallest absolute Gasteiger partial charge is 0.142 e. The quantitative estimate of drug-likeness (QED) is 0.226. The minimum absolute atomic E-state index is 0.192. The summed E-state index contributed by atoms with van der Waals surface area (Å²) in [6, 6.07) is 6.90. The number of benzene rings is 1. The third-order valence-corrected chi connectivity index (χ3v) is 10.7. The highest BCUT2D eigenvalue weighted by Gasteiger charge is 2.60. The number of allylic oxidation sites excluding steroid dienone is 3. The van der Waals surface area contributed by atoms with E-state index in [9.17, 15) is 4.79 Å². The van der Waals surface area contributed by atoms with Crippen LogP contribution in [-0.2, 0) is 11.2 Å². The third kappa shape index (κ3) is 4.27. The number of hydrogen-bond acceptors (Lipinski definition) is 1. The molecular formula is C33H48O. The molecule has 186 valence electrons. The van der Waals surface area contributed by atoms with Crippen LogP contribution in [0.4, 0.5) is 0 Å². The Morgan fingerprint density at radius 2 is 1.94 bits per heavy atom. The van der Waals surface area contributed by atoms with Gasteiger partial charge in [-0.3, -0.25) is 4.79 Å². The van der Waals surface area contributed by atoms with Crippen LogP contribution >= 0.6 is 0 Å². The van der Waals surface area contributed by atoms with Crippen LogP contribution in [0, 0.1) is 54.3 Å². The number of aldehydes is 1. The van der Waals surface area contributed by atoms with Crippen LogP contribution in [0.2, 0.25) is 0 Å². The molecule has 1 heteroatoms. The summed E-state index contributed by atoms with van der Waals surface area (Å²) in [6.45, 7) is 19.1. The zero-order chi connectivity index (χ0) is 24.7. The van der Waals surface area contributed by atoms with Crippen LogP contribution in [0.1, 0.15) is 95.8 Å². The Morgan fingerprint density at radius 3 is 2.62 bits per heavy atom. The molecule has 0 spiro atoms. The normalized spacial score (nSPS) is 38.4. The Labute approximate surface area is 209 Å². The standard InChI is InChI=1S/C33H48O/c1-8-18-32(6)27(17-19-34)13-14-28-30-16-15-29(33(30,7)21-25(5)31(28)32)23(3)10-12-26-11-9-22(2)20-24(26)4/h9,11,17,19-20,25,28-31H,3,8,10,12-16,18,21H2,1-2,4-7H3/b27-17-. The van der Waals surface area contributed by atoms with Crippen molar-refractivity contribution < 1.29 is 4.79 Å². The van der Waals surface area contributed by atoms with Crippen LogP contribution in [0.15, 0.2) is 42.0 Å². The van der Waals surface area contributed by atoms with Crippen molar-refractivity contribution in [1.29, 1.82) is 0 Å². The number of aryl methyl sites for hydroxylation is 3. The molecule has 0 aromatic heterocycles. The van der Waals surface area contributed by atoms with Crippen molar-refractivity contribution in [3.8, 4) is 0 Å². The summed E-state index contributed by atoms with van der Waals surface area (Å²) in [4.78, 5) is 11.5. The average Bonchev–Trinajstić information content (AvgIpc) is 3.11. The lowest BCUT2D eigenvalue weighted by atomic mass is 9.44. The molecule has 0 aliphatic heterocycles. The summed E-state index contributed by atoms with van der Waals surface area (Å²) in [5.74, 6) is 3.69. The van der Waals surface area contributed by atoms with E-state index in [1.807, 2.05) is 6.08 Å². The molecular weight excluding hydrogens is 412 g/mol. The lowest BCUT2D eigenvalue weighted by Gasteiger charge is -2.60. The number of rotatable bonds is 7. The highest BCUT2D eigenvalue weighted by molar-refractivity contribution is 5.66. The van der Waals surface area contributed by atoms with Gasteiger partial charge in [0.15, 0.2) is 0 Å². The molecule has 34 heavy (non-hydrogen) atoms. The Bertz CT molecular complexity index is 953. The second-order valence-corrected chi connectivity index (χ2v) is 12.7. The Kier molecular flexibility index (Phi) is 7.33. The van der Waals surface area contributed by atoms with Gasteiger partial charge >= 0.3 is 0 Å². The summed E-state index contributed by atoms with van der Waals surface area (Å²) in [6.07, 6.45) is 14.0. The molecule has 0 radical (unpaired) electrons. The van der Waals surface area contributed by atoms with E-state index in [4.69, 9.17) is 6.58 Å². The molecule has 1 nitrogen and oxygen atoms in total. The lowest BCUT2D eigenvalue weighted by molar-refractivity contribution is -0.104. The molecule has 3 aliphatic carbocycles. The highest BCUT2D eigenvalue weighted by Crippen LogP contribution is 2.68. The van der Waals surface area contributed by atoms with Gasteiger partial charge in [-0.15, -0.1) is 0 Å². The van der Waals surface area contributed by atoms with E-state index in [-0.39, 0.29) is 5.41 Å². The van der Waals surface area contributed by atoms with Crippen LogP contribution in [0.25, 0.3) is 0 Å².